The first-order chi connectivity index (χ1) is 10.5. The Balaban J connectivity index is 2.52. The molecule has 0 radical (unpaired) electrons. The topological polar surface area (TPSA) is 73.9 Å². The number of rotatable bonds is 8. The standard InChI is InChI=1S/C16H23NO5/c1-5-17-16(19)11(2)22-15(18)9-7-12-6-8-13(20-3)14(10-12)21-4/h6,8,10-11H,5,7,9H2,1-4H3,(H,17,19)/t11-/m0/s1. The average Bonchev–Trinajstić information content (AvgIpc) is 2.52. The molecule has 0 saturated carbocycles. The maximum Gasteiger partial charge on any atom is 0.306 e. The van der Waals surface area contributed by atoms with Gasteiger partial charge < -0.3 is 19.5 Å². The van der Waals surface area contributed by atoms with E-state index in [9.17, 15) is 9.59 Å². The Morgan fingerprint density at radius 3 is 2.45 bits per heavy atom. The molecule has 6 nitrogen and oxygen atoms in total. The van der Waals surface area contributed by atoms with Crippen molar-refractivity contribution in [2.75, 3.05) is 20.8 Å². The molecule has 0 aliphatic heterocycles. The summed E-state index contributed by atoms with van der Waals surface area (Å²) in [6.07, 6.45) is -0.0848. The second kappa shape index (κ2) is 8.92. The summed E-state index contributed by atoms with van der Waals surface area (Å²) in [6, 6.07) is 5.47. The number of hydrogen-bond acceptors (Lipinski definition) is 5. The molecule has 0 bridgehead atoms. The van der Waals surface area contributed by atoms with Gasteiger partial charge in [0.15, 0.2) is 17.6 Å². The lowest BCUT2D eigenvalue weighted by Crippen LogP contribution is -2.35. The molecule has 0 fully saturated rings. The van der Waals surface area contributed by atoms with Crippen molar-refractivity contribution < 1.29 is 23.8 Å². The molecule has 0 heterocycles. The molecule has 0 aliphatic rings. The van der Waals surface area contributed by atoms with E-state index >= 15 is 0 Å². The molecule has 0 saturated heterocycles. The first kappa shape index (κ1) is 17.8. The van der Waals surface area contributed by atoms with Gasteiger partial charge in [-0.2, -0.15) is 0 Å². The van der Waals surface area contributed by atoms with E-state index in [0.717, 1.165) is 5.56 Å². The van der Waals surface area contributed by atoms with Gasteiger partial charge in [0.2, 0.25) is 0 Å². The van der Waals surface area contributed by atoms with E-state index in [1.165, 1.54) is 0 Å². The molecule has 122 valence electrons. The molecule has 0 spiro atoms. The fraction of sp³-hybridized carbons (Fsp3) is 0.500. The Bertz CT molecular complexity index is 515. The molecular formula is C16H23NO5. The number of ether oxygens (including phenoxy) is 3. The van der Waals surface area contributed by atoms with Crippen molar-refractivity contribution >= 4 is 11.9 Å². The Kier molecular flexibility index (Phi) is 7.22. The average molecular weight is 309 g/mol. The Hall–Kier alpha value is -2.24. The highest BCUT2D eigenvalue weighted by Gasteiger charge is 2.16. The summed E-state index contributed by atoms with van der Waals surface area (Å²) in [5, 5.41) is 2.61. The Morgan fingerprint density at radius 1 is 1.18 bits per heavy atom. The van der Waals surface area contributed by atoms with Crippen molar-refractivity contribution in [1.29, 1.82) is 0 Å². The van der Waals surface area contributed by atoms with Gasteiger partial charge >= 0.3 is 5.97 Å². The van der Waals surface area contributed by atoms with E-state index in [4.69, 9.17) is 14.2 Å². The fourth-order valence-corrected chi connectivity index (χ4v) is 1.91. The molecule has 22 heavy (non-hydrogen) atoms. The van der Waals surface area contributed by atoms with Gasteiger partial charge in [0.05, 0.1) is 14.2 Å². The normalized spacial score (nSPS) is 11.5. The lowest BCUT2D eigenvalue weighted by molar-refractivity contribution is -0.154. The molecule has 1 aromatic rings. The number of methoxy groups -OCH3 is 2. The zero-order valence-electron chi connectivity index (χ0n) is 13.5. The van der Waals surface area contributed by atoms with Gasteiger partial charge in [0.25, 0.3) is 5.91 Å². The molecule has 0 unspecified atom stereocenters. The van der Waals surface area contributed by atoms with Crippen molar-refractivity contribution in [2.24, 2.45) is 0 Å². The lowest BCUT2D eigenvalue weighted by atomic mass is 10.1. The number of nitrogens with one attached hydrogen (secondary N) is 1. The first-order valence-electron chi connectivity index (χ1n) is 7.19. The fourth-order valence-electron chi connectivity index (χ4n) is 1.91. The second-order valence-electron chi connectivity index (χ2n) is 4.72. The van der Waals surface area contributed by atoms with Crippen LogP contribution in [0.5, 0.6) is 11.5 Å². The largest absolute Gasteiger partial charge is 0.493 e. The molecular weight excluding hydrogens is 286 g/mol. The predicted molar refractivity (Wildman–Crippen MR) is 82.1 cm³/mol. The summed E-state index contributed by atoms with van der Waals surface area (Å²) in [6.45, 7) is 3.87. The summed E-state index contributed by atoms with van der Waals surface area (Å²) >= 11 is 0. The van der Waals surface area contributed by atoms with Crippen LogP contribution in [-0.4, -0.2) is 38.7 Å². The van der Waals surface area contributed by atoms with E-state index in [0.29, 0.717) is 24.5 Å². The number of likely N-dealkylation sites (N-methyl/N-ethyl adjacent to an activating group) is 1. The van der Waals surface area contributed by atoms with Crippen LogP contribution in [0.15, 0.2) is 18.2 Å². The third-order valence-corrected chi connectivity index (χ3v) is 3.09. The van der Waals surface area contributed by atoms with Crippen molar-refractivity contribution in [1.82, 2.24) is 5.32 Å². The van der Waals surface area contributed by atoms with E-state index in [2.05, 4.69) is 5.32 Å². The number of benzene rings is 1. The first-order valence-corrected chi connectivity index (χ1v) is 7.19. The number of carbonyl (C=O) groups excluding carboxylic acids is 2. The highest BCUT2D eigenvalue weighted by atomic mass is 16.5. The van der Waals surface area contributed by atoms with Gasteiger partial charge in [-0.15, -0.1) is 0 Å². The minimum Gasteiger partial charge on any atom is -0.493 e. The van der Waals surface area contributed by atoms with Crippen LogP contribution in [0.3, 0.4) is 0 Å². The van der Waals surface area contributed by atoms with E-state index in [1.807, 2.05) is 19.1 Å². The zero-order chi connectivity index (χ0) is 16.5. The third kappa shape index (κ3) is 5.27. The van der Waals surface area contributed by atoms with Crippen LogP contribution in [0, 0.1) is 0 Å². The minimum atomic E-state index is -0.780. The van der Waals surface area contributed by atoms with Gasteiger partial charge in [-0.3, -0.25) is 9.59 Å². The van der Waals surface area contributed by atoms with Crippen LogP contribution >= 0.6 is 0 Å². The molecule has 1 amide bonds. The quantitative estimate of drug-likeness (QED) is 0.740. The van der Waals surface area contributed by atoms with Gasteiger partial charge in [-0.1, -0.05) is 6.07 Å². The van der Waals surface area contributed by atoms with Crippen LogP contribution in [0.25, 0.3) is 0 Å². The minimum absolute atomic E-state index is 0.194. The van der Waals surface area contributed by atoms with Crippen molar-refractivity contribution in [3.05, 3.63) is 23.8 Å². The maximum atomic E-state index is 11.8. The van der Waals surface area contributed by atoms with Gasteiger partial charge in [-0.25, -0.2) is 0 Å². The van der Waals surface area contributed by atoms with Crippen LogP contribution in [-0.2, 0) is 20.7 Å². The van der Waals surface area contributed by atoms with Crippen molar-refractivity contribution in [3.8, 4) is 11.5 Å². The molecule has 1 aromatic carbocycles. The molecule has 1 N–H and O–H groups in total. The number of aryl methyl sites for hydroxylation is 1. The van der Waals surface area contributed by atoms with Crippen LogP contribution in [0.4, 0.5) is 0 Å². The van der Waals surface area contributed by atoms with Crippen molar-refractivity contribution in [2.45, 2.75) is 32.8 Å². The molecule has 0 aromatic heterocycles. The summed E-state index contributed by atoms with van der Waals surface area (Å²) in [5.41, 5.74) is 0.931. The smallest absolute Gasteiger partial charge is 0.306 e. The van der Waals surface area contributed by atoms with Gasteiger partial charge in [0.1, 0.15) is 0 Å². The second-order valence-corrected chi connectivity index (χ2v) is 4.72. The van der Waals surface area contributed by atoms with E-state index in [1.54, 1.807) is 27.2 Å². The molecule has 6 heteroatoms. The van der Waals surface area contributed by atoms with Crippen molar-refractivity contribution in [3.63, 3.8) is 0 Å². The Labute approximate surface area is 130 Å². The monoisotopic (exact) mass is 309 g/mol. The SMILES string of the molecule is CCNC(=O)[C@H](C)OC(=O)CCc1ccc(OC)c(OC)c1. The number of carbonyl (C=O) groups is 2. The lowest BCUT2D eigenvalue weighted by Gasteiger charge is -2.13. The van der Waals surface area contributed by atoms with Crippen LogP contribution < -0.4 is 14.8 Å². The van der Waals surface area contributed by atoms with Gasteiger partial charge in [-0.05, 0) is 38.0 Å². The zero-order valence-corrected chi connectivity index (χ0v) is 13.5. The molecule has 1 rings (SSSR count). The summed E-state index contributed by atoms with van der Waals surface area (Å²) in [4.78, 5) is 23.2. The highest BCUT2D eigenvalue weighted by molar-refractivity contribution is 5.83. The van der Waals surface area contributed by atoms with E-state index in [-0.39, 0.29) is 12.3 Å². The summed E-state index contributed by atoms with van der Waals surface area (Å²) < 4.78 is 15.5. The highest BCUT2D eigenvalue weighted by Crippen LogP contribution is 2.27. The van der Waals surface area contributed by atoms with Gasteiger partial charge in [0, 0.05) is 13.0 Å². The van der Waals surface area contributed by atoms with Crippen LogP contribution in [0.1, 0.15) is 25.8 Å². The third-order valence-electron chi connectivity index (χ3n) is 3.09. The predicted octanol–water partition coefficient (Wildman–Crippen LogP) is 1.70. The number of hydrogen-bond donors (Lipinski definition) is 1. The summed E-state index contributed by atoms with van der Waals surface area (Å²) in [5.74, 6) is 0.554. The summed E-state index contributed by atoms with van der Waals surface area (Å²) in [7, 11) is 3.13. The van der Waals surface area contributed by atoms with E-state index < -0.39 is 12.1 Å². The Morgan fingerprint density at radius 2 is 1.86 bits per heavy atom. The van der Waals surface area contributed by atoms with Crippen LogP contribution in [0.2, 0.25) is 0 Å². The number of amides is 1. The molecule has 0 aliphatic carbocycles. The molecule has 1 atom stereocenters. The number of esters is 1. The maximum absolute atomic E-state index is 11.8.